The maximum atomic E-state index is 3.83. The maximum Gasteiger partial charge on any atom is 0.112 e. The van der Waals surface area contributed by atoms with Crippen molar-refractivity contribution in [1.29, 1.82) is 0 Å². The van der Waals surface area contributed by atoms with Crippen LogP contribution in [0.25, 0.3) is 0 Å². The van der Waals surface area contributed by atoms with Gasteiger partial charge in [0.25, 0.3) is 0 Å². The van der Waals surface area contributed by atoms with Crippen molar-refractivity contribution in [1.82, 2.24) is 0 Å². The van der Waals surface area contributed by atoms with Gasteiger partial charge < -0.3 is 10.6 Å². The highest BCUT2D eigenvalue weighted by Gasteiger charge is 2.24. The van der Waals surface area contributed by atoms with Crippen LogP contribution in [0.5, 0.6) is 0 Å². The van der Waals surface area contributed by atoms with Crippen LogP contribution in [0, 0.1) is 14.1 Å². The summed E-state index contributed by atoms with van der Waals surface area (Å²) in [6.07, 6.45) is 5.39. The van der Waals surface area contributed by atoms with Gasteiger partial charge in [-0.2, -0.15) is 14.1 Å². The lowest BCUT2D eigenvalue weighted by Gasteiger charge is -2.29. The minimum atomic E-state index is 0.714. The molecule has 1 aliphatic carbocycles. The summed E-state index contributed by atoms with van der Waals surface area (Å²) in [5.74, 6) is 0. The van der Waals surface area contributed by atoms with Gasteiger partial charge in [0.05, 0.1) is 0 Å². The smallest absolute Gasteiger partial charge is 0.112 e. The molecule has 0 aromatic rings. The molecule has 2 atom stereocenters. The predicted octanol–water partition coefficient (Wildman–Crippen LogP) is -0.992. The third-order valence-corrected chi connectivity index (χ3v) is 2.48. The third-order valence-electron chi connectivity index (χ3n) is 2.48. The largest absolute Gasteiger partial charge is 0.472 e. The molecular weight excluding hydrogens is 124 g/mol. The normalized spacial score (nSPS) is 34.2. The summed E-state index contributed by atoms with van der Waals surface area (Å²) in [6, 6.07) is 1.43. The van der Waals surface area contributed by atoms with E-state index in [9.17, 15) is 0 Å². The van der Waals surface area contributed by atoms with E-state index in [0.29, 0.717) is 12.1 Å². The van der Waals surface area contributed by atoms with Gasteiger partial charge in [0.2, 0.25) is 0 Å². The summed E-state index contributed by atoms with van der Waals surface area (Å²) in [4.78, 5) is 0. The second-order valence-corrected chi connectivity index (χ2v) is 3.08. The Hall–Kier alpha value is -0.0800. The summed E-state index contributed by atoms with van der Waals surface area (Å²) in [6.45, 7) is 0. The number of rotatable bonds is 2. The molecule has 1 rings (SSSR count). The van der Waals surface area contributed by atoms with E-state index in [-0.39, 0.29) is 0 Å². The highest BCUT2D eigenvalue weighted by Crippen LogP contribution is 2.13. The standard InChI is InChI=1S/C8H18N2/c1-9-7-5-3-4-6-8(7)10-2/h7-8H,1-6,9-10H2/t7-,8-/m1/s1. The minimum Gasteiger partial charge on any atom is -0.472 e. The van der Waals surface area contributed by atoms with Crippen LogP contribution >= 0.6 is 0 Å². The Bertz CT molecular complexity index is 81.3. The summed E-state index contributed by atoms with van der Waals surface area (Å²) in [5.41, 5.74) is 0. The molecule has 0 aromatic carbocycles. The fraction of sp³-hybridized carbons (Fsp3) is 0.750. The van der Waals surface area contributed by atoms with Crippen molar-refractivity contribution >= 4 is 0 Å². The molecule has 0 heterocycles. The van der Waals surface area contributed by atoms with E-state index < -0.39 is 0 Å². The second kappa shape index (κ2) is 3.94. The van der Waals surface area contributed by atoms with Crippen LogP contribution < -0.4 is 10.6 Å². The fourth-order valence-corrected chi connectivity index (χ4v) is 1.77. The predicted molar refractivity (Wildman–Crippen MR) is 40.6 cm³/mol. The Kier molecular flexibility index (Phi) is 3.16. The molecule has 0 bridgehead atoms. The number of hydrogen-bond acceptors (Lipinski definition) is 0. The van der Waals surface area contributed by atoms with Gasteiger partial charge >= 0.3 is 0 Å². The van der Waals surface area contributed by atoms with Crippen molar-refractivity contribution in [2.75, 3.05) is 0 Å². The van der Waals surface area contributed by atoms with Crippen LogP contribution in [0.1, 0.15) is 25.7 Å². The van der Waals surface area contributed by atoms with Crippen molar-refractivity contribution in [2.45, 2.75) is 37.8 Å². The molecule has 0 spiro atoms. The lowest BCUT2D eigenvalue weighted by Crippen LogP contribution is -2.99. The van der Waals surface area contributed by atoms with Crippen LogP contribution in [0.3, 0.4) is 0 Å². The molecule has 0 aromatic heterocycles. The van der Waals surface area contributed by atoms with Crippen LogP contribution in [0.15, 0.2) is 0 Å². The fourth-order valence-electron chi connectivity index (χ4n) is 1.77. The molecule has 0 radical (unpaired) electrons. The van der Waals surface area contributed by atoms with Crippen molar-refractivity contribution in [3.8, 4) is 0 Å². The first-order valence-electron chi connectivity index (χ1n) is 4.13. The van der Waals surface area contributed by atoms with E-state index in [1.807, 2.05) is 0 Å². The molecule has 0 amide bonds. The SMILES string of the molecule is [CH2-][NH2+][C@@H]1CCCC[C@H]1[NH2+][CH2-]. The van der Waals surface area contributed by atoms with Crippen molar-refractivity contribution in [2.24, 2.45) is 0 Å². The number of nitrogens with two attached hydrogens (primary N) is 2. The lowest BCUT2D eigenvalue weighted by molar-refractivity contribution is -0.728. The Morgan fingerprint density at radius 3 is 1.60 bits per heavy atom. The van der Waals surface area contributed by atoms with Gasteiger partial charge in [-0.05, 0) is 12.8 Å². The van der Waals surface area contributed by atoms with E-state index >= 15 is 0 Å². The minimum absolute atomic E-state index is 0.714. The Morgan fingerprint density at radius 2 is 1.30 bits per heavy atom. The Balaban J connectivity index is 2.34. The molecule has 4 N–H and O–H groups in total. The van der Waals surface area contributed by atoms with E-state index in [0.717, 1.165) is 0 Å². The topological polar surface area (TPSA) is 33.2 Å². The van der Waals surface area contributed by atoms with Gasteiger partial charge in [0, 0.05) is 12.8 Å². The van der Waals surface area contributed by atoms with Gasteiger partial charge in [0.1, 0.15) is 12.1 Å². The van der Waals surface area contributed by atoms with Crippen LogP contribution in [0.4, 0.5) is 0 Å². The molecule has 1 saturated carbocycles. The maximum absolute atomic E-state index is 3.83. The molecule has 2 heteroatoms. The number of quaternary nitrogens is 2. The number of hydrogen-bond donors (Lipinski definition) is 2. The molecule has 0 unspecified atom stereocenters. The molecule has 0 aliphatic heterocycles. The summed E-state index contributed by atoms with van der Waals surface area (Å²) in [5, 5.41) is 4.18. The zero-order valence-electron chi connectivity index (χ0n) is 6.55. The summed E-state index contributed by atoms with van der Waals surface area (Å²) in [7, 11) is 7.67. The average Bonchev–Trinajstić information content (AvgIpc) is 2.04. The molecule has 2 nitrogen and oxygen atoms in total. The lowest BCUT2D eigenvalue weighted by atomic mass is 9.91. The van der Waals surface area contributed by atoms with Gasteiger partial charge in [0.15, 0.2) is 0 Å². The highest BCUT2D eigenvalue weighted by atomic mass is 15.0. The zero-order valence-corrected chi connectivity index (χ0v) is 6.55. The Labute approximate surface area is 63.4 Å². The zero-order chi connectivity index (χ0) is 7.40. The average molecular weight is 142 g/mol. The molecule has 1 fully saturated rings. The van der Waals surface area contributed by atoms with Gasteiger partial charge in [-0.15, -0.1) is 0 Å². The monoisotopic (exact) mass is 142 g/mol. The van der Waals surface area contributed by atoms with Gasteiger partial charge in [-0.1, -0.05) is 0 Å². The van der Waals surface area contributed by atoms with Gasteiger partial charge in [-0.25, -0.2) is 0 Å². The van der Waals surface area contributed by atoms with E-state index in [4.69, 9.17) is 0 Å². The van der Waals surface area contributed by atoms with Crippen LogP contribution in [0.2, 0.25) is 0 Å². The van der Waals surface area contributed by atoms with E-state index in [1.165, 1.54) is 25.7 Å². The first-order chi connectivity index (χ1) is 4.88. The molecule has 1 aliphatic rings. The van der Waals surface area contributed by atoms with Crippen molar-refractivity contribution in [3.05, 3.63) is 14.1 Å². The molecular formula is C8H18N2. The Morgan fingerprint density at radius 1 is 0.900 bits per heavy atom. The van der Waals surface area contributed by atoms with Crippen molar-refractivity contribution < 1.29 is 10.6 Å². The second-order valence-electron chi connectivity index (χ2n) is 3.08. The first-order valence-corrected chi connectivity index (χ1v) is 4.13. The molecule has 0 saturated heterocycles. The molecule has 60 valence electrons. The highest BCUT2D eigenvalue weighted by molar-refractivity contribution is 4.71. The van der Waals surface area contributed by atoms with E-state index in [1.54, 1.807) is 0 Å². The quantitative estimate of drug-likeness (QED) is 0.464. The third kappa shape index (κ3) is 1.70. The molecule has 10 heavy (non-hydrogen) atoms. The van der Waals surface area contributed by atoms with Gasteiger partial charge in [-0.3, -0.25) is 0 Å². The van der Waals surface area contributed by atoms with Crippen molar-refractivity contribution in [3.63, 3.8) is 0 Å². The summed E-state index contributed by atoms with van der Waals surface area (Å²) < 4.78 is 0. The van der Waals surface area contributed by atoms with Crippen LogP contribution in [-0.4, -0.2) is 12.1 Å². The first kappa shape index (κ1) is 8.02. The van der Waals surface area contributed by atoms with Crippen LogP contribution in [-0.2, 0) is 0 Å². The summed E-state index contributed by atoms with van der Waals surface area (Å²) >= 11 is 0. The van der Waals surface area contributed by atoms with E-state index in [2.05, 4.69) is 24.7 Å².